The van der Waals surface area contributed by atoms with E-state index in [4.69, 9.17) is 5.11 Å². The number of hydrogen-bond donors (Lipinski definition) is 2. The topological polar surface area (TPSA) is 91.1 Å². The van der Waals surface area contributed by atoms with E-state index in [1.54, 1.807) is 12.1 Å². The monoisotopic (exact) mass is 329 g/mol. The second kappa shape index (κ2) is 5.96. The summed E-state index contributed by atoms with van der Waals surface area (Å²) in [7, 11) is -3.72. The largest absolute Gasteiger partial charge is 0.396 e. The molecule has 1 heterocycles. The molecule has 0 saturated heterocycles. The van der Waals surface area contributed by atoms with Crippen molar-refractivity contribution in [3.05, 3.63) is 18.2 Å². The third kappa shape index (κ3) is 3.57. The Morgan fingerprint density at radius 1 is 1.33 bits per heavy atom. The number of fused-ring (bicyclic) bond motifs is 1. The summed E-state index contributed by atoms with van der Waals surface area (Å²) in [5, 5.41) is 9.15. The van der Waals surface area contributed by atoms with Crippen LogP contribution in [0.2, 0.25) is 0 Å². The molecule has 0 amide bonds. The summed E-state index contributed by atoms with van der Waals surface area (Å²) in [4.78, 5) is 0.126. The maximum Gasteiger partial charge on any atom is 0.243 e. The lowest BCUT2D eigenvalue weighted by Crippen LogP contribution is -2.44. The van der Waals surface area contributed by atoms with E-state index in [1.807, 2.05) is 20.8 Å². The molecule has 0 aromatic heterocycles. The van der Waals surface area contributed by atoms with E-state index in [-0.39, 0.29) is 23.0 Å². The Morgan fingerprint density at radius 2 is 2.05 bits per heavy atom. The van der Waals surface area contributed by atoms with Crippen LogP contribution in [0.3, 0.4) is 0 Å². The van der Waals surface area contributed by atoms with Gasteiger partial charge in [-0.15, -0.1) is 0 Å². The summed E-state index contributed by atoms with van der Waals surface area (Å²) in [6.45, 7) is 5.72. The van der Waals surface area contributed by atoms with Crippen molar-refractivity contribution >= 4 is 32.8 Å². The first-order valence-electron chi connectivity index (χ1n) is 6.60. The van der Waals surface area contributed by atoms with Gasteiger partial charge in [0.1, 0.15) is 16.3 Å². The van der Waals surface area contributed by atoms with E-state index < -0.39 is 10.0 Å². The highest BCUT2D eigenvalue weighted by molar-refractivity contribution is 7.89. The van der Waals surface area contributed by atoms with Crippen LogP contribution in [-0.4, -0.2) is 26.2 Å². The van der Waals surface area contributed by atoms with Crippen LogP contribution in [0.1, 0.15) is 27.2 Å². The highest BCUT2D eigenvalue weighted by Crippen LogP contribution is 2.37. The fourth-order valence-electron chi connectivity index (χ4n) is 2.05. The lowest BCUT2D eigenvalue weighted by molar-refractivity contribution is 0.214. The standard InChI is InChI=1S/C13H19N3O3S2/c1-13(2,3)11(7-8-17)16-21(18,19)10-6-4-5-9-12(10)15-20-14-9/h4-6,11,16-17H,7-8H2,1-3H3. The summed E-state index contributed by atoms with van der Waals surface area (Å²) in [5.41, 5.74) is 0.647. The Balaban J connectivity index is 2.35. The lowest BCUT2D eigenvalue weighted by Gasteiger charge is -2.30. The molecule has 1 aromatic carbocycles. The molecular weight excluding hydrogens is 310 g/mol. The van der Waals surface area contributed by atoms with E-state index in [0.29, 0.717) is 17.8 Å². The average Bonchev–Trinajstić information content (AvgIpc) is 2.84. The number of hydrogen-bond acceptors (Lipinski definition) is 5. The van der Waals surface area contributed by atoms with Crippen LogP contribution in [0.25, 0.3) is 0 Å². The van der Waals surface area contributed by atoms with Crippen molar-refractivity contribution < 1.29 is 13.5 Å². The highest BCUT2D eigenvalue weighted by Gasteiger charge is 2.31. The fourth-order valence-corrected chi connectivity index (χ4v) is 4.29. The number of aliphatic hydroxyl groups is 1. The number of nitrogens with zero attached hydrogens (tertiary/aromatic N) is 2. The Hall–Kier alpha value is -1.09. The van der Waals surface area contributed by atoms with E-state index in [1.165, 1.54) is 6.07 Å². The predicted octanol–water partition coefficient (Wildman–Crippen LogP) is 2.49. The van der Waals surface area contributed by atoms with E-state index in [2.05, 4.69) is 13.4 Å². The Bertz CT molecular complexity index is 702. The fraction of sp³-hybridized carbons (Fsp3) is 0.538. The van der Waals surface area contributed by atoms with Gasteiger partial charge in [-0.2, -0.15) is 8.73 Å². The predicted molar refractivity (Wildman–Crippen MR) is 83.3 cm³/mol. The maximum absolute atomic E-state index is 12.6. The van der Waals surface area contributed by atoms with Crippen LogP contribution in [-0.2, 0) is 21.4 Å². The van der Waals surface area contributed by atoms with Gasteiger partial charge in [-0.25, -0.2) is 13.1 Å². The molecule has 0 fully saturated rings. The summed E-state index contributed by atoms with van der Waals surface area (Å²) in [6.07, 6.45) is 0.355. The van der Waals surface area contributed by atoms with Gasteiger partial charge in [-0.05, 0) is 24.0 Å². The summed E-state index contributed by atoms with van der Waals surface area (Å²) in [5.74, 6) is 0. The molecule has 116 valence electrons. The third-order valence-corrected chi connectivity index (χ3v) is 5.34. The van der Waals surface area contributed by atoms with Gasteiger partial charge in [0, 0.05) is 12.6 Å². The second-order valence-electron chi connectivity index (χ2n) is 5.94. The van der Waals surface area contributed by atoms with E-state index >= 15 is 0 Å². The van der Waals surface area contributed by atoms with Crippen molar-refractivity contribution in [2.75, 3.05) is 6.61 Å². The van der Waals surface area contributed by atoms with Crippen molar-refractivity contribution in [2.45, 2.75) is 38.1 Å². The molecule has 1 aromatic rings. The molecule has 1 atom stereocenters. The molecule has 2 rings (SSSR count). The highest BCUT2D eigenvalue weighted by atomic mass is 32.2. The number of nitrogens with one attached hydrogen (secondary N) is 1. The molecular formula is C13H19N3O3S2. The van der Waals surface area contributed by atoms with Crippen molar-refractivity contribution in [3.8, 4) is 0 Å². The maximum atomic E-state index is 12.6. The van der Waals surface area contributed by atoms with Crippen LogP contribution < -0.4 is 4.72 Å². The molecule has 0 aliphatic carbocycles. The first-order chi connectivity index (χ1) is 9.75. The third-order valence-electron chi connectivity index (χ3n) is 3.30. The summed E-state index contributed by atoms with van der Waals surface area (Å²) >= 11 is 0.986. The molecule has 6 nitrogen and oxygen atoms in total. The minimum Gasteiger partial charge on any atom is -0.396 e. The van der Waals surface area contributed by atoms with Crippen LogP contribution in [0.4, 0.5) is 11.4 Å². The van der Waals surface area contributed by atoms with Crippen LogP contribution in [0, 0.1) is 5.41 Å². The quantitative estimate of drug-likeness (QED) is 0.883. The van der Waals surface area contributed by atoms with Gasteiger partial charge in [-0.1, -0.05) is 26.8 Å². The van der Waals surface area contributed by atoms with Gasteiger partial charge in [-0.3, -0.25) is 0 Å². The lowest BCUT2D eigenvalue weighted by atomic mass is 9.86. The molecule has 1 unspecified atom stereocenters. The molecule has 21 heavy (non-hydrogen) atoms. The number of aliphatic hydroxyl groups excluding tert-OH is 1. The number of rotatable bonds is 5. The molecule has 0 bridgehead atoms. The molecule has 1 aliphatic heterocycles. The van der Waals surface area contributed by atoms with Gasteiger partial charge in [0.05, 0.1) is 11.4 Å². The van der Waals surface area contributed by atoms with Crippen molar-refractivity contribution in [3.63, 3.8) is 0 Å². The molecule has 1 aliphatic rings. The minimum absolute atomic E-state index is 0.0765. The molecule has 0 radical (unpaired) electrons. The first-order valence-corrected chi connectivity index (χ1v) is 8.81. The smallest absolute Gasteiger partial charge is 0.243 e. The van der Waals surface area contributed by atoms with Crippen LogP contribution in [0.5, 0.6) is 0 Å². The van der Waals surface area contributed by atoms with Gasteiger partial charge in [0.15, 0.2) is 0 Å². The Labute approximate surface area is 128 Å². The normalized spacial score (nSPS) is 15.6. The van der Waals surface area contributed by atoms with Gasteiger partial charge in [0.2, 0.25) is 10.0 Å². The Morgan fingerprint density at radius 3 is 2.67 bits per heavy atom. The molecule has 0 spiro atoms. The summed E-state index contributed by atoms with van der Waals surface area (Å²) in [6, 6.07) is 4.53. The van der Waals surface area contributed by atoms with Gasteiger partial charge < -0.3 is 5.11 Å². The number of sulfonamides is 1. The van der Waals surface area contributed by atoms with Crippen molar-refractivity contribution in [2.24, 2.45) is 14.1 Å². The number of benzene rings is 1. The zero-order valence-electron chi connectivity index (χ0n) is 12.2. The molecule has 0 saturated carbocycles. The van der Waals surface area contributed by atoms with Crippen LogP contribution >= 0.6 is 0 Å². The second-order valence-corrected chi connectivity index (χ2v) is 8.15. The van der Waals surface area contributed by atoms with Crippen molar-refractivity contribution in [1.29, 1.82) is 0 Å². The first kappa shape index (κ1) is 16.3. The van der Waals surface area contributed by atoms with Crippen LogP contribution in [0.15, 0.2) is 31.8 Å². The zero-order valence-corrected chi connectivity index (χ0v) is 13.8. The Kier molecular flexibility index (Phi) is 4.62. The van der Waals surface area contributed by atoms with Gasteiger partial charge in [0.25, 0.3) is 0 Å². The SMILES string of the molecule is CC(C)(C)C(CCO)NS(=O)(=O)c1cccc2c1N=S=N2. The van der Waals surface area contributed by atoms with Crippen molar-refractivity contribution in [1.82, 2.24) is 4.72 Å². The molecule has 8 heteroatoms. The molecule has 2 N–H and O–H groups in total. The van der Waals surface area contributed by atoms with E-state index in [9.17, 15) is 8.42 Å². The van der Waals surface area contributed by atoms with E-state index in [0.717, 1.165) is 11.4 Å². The average molecular weight is 329 g/mol. The zero-order chi connectivity index (χ0) is 15.7. The minimum atomic E-state index is -3.72. The van der Waals surface area contributed by atoms with Gasteiger partial charge >= 0.3 is 0 Å². The summed E-state index contributed by atoms with van der Waals surface area (Å²) < 4.78 is 36.0.